The zero-order chi connectivity index (χ0) is 36.9. The van der Waals surface area contributed by atoms with Gasteiger partial charge in [0.2, 0.25) is 0 Å². The van der Waals surface area contributed by atoms with Gasteiger partial charge >= 0.3 is 0 Å². The monoisotopic (exact) mass is 705 g/mol. The Morgan fingerprint density at radius 2 is 0.964 bits per heavy atom. The van der Waals surface area contributed by atoms with E-state index < -0.39 is 5.41 Å². The van der Waals surface area contributed by atoms with Crippen LogP contribution in [0.15, 0.2) is 186 Å². The van der Waals surface area contributed by atoms with E-state index in [1.807, 2.05) is 0 Å². The number of rotatable bonds is 5. The number of para-hydroxylation sites is 1. The van der Waals surface area contributed by atoms with E-state index in [1.54, 1.807) is 0 Å². The highest BCUT2D eigenvalue weighted by atomic mass is 16.3. The number of furan rings is 1. The van der Waals surface area contributed by atoms with Crippen molar-refractivity contribution >= 4 is 39.0 Å². The summed E-state index contributed by atoms with van der Waals surface area (Å²) >= 11 is 0. The molecule has 0 spiro atoms. The molecule has 2 aliphatic carbocycles. The van der Waals surface area contributed by atoms with Crippen LogP contribution in [0.5, 0.6) is 0 Å². The molecule has 1 aromatic heterocycles. The van der Waals surface area contributed by atoms with Crippen molar-refractivity contribution in [3.63, 3.8) is 0 Å². The summed E-state index contributed by atoms with van der Waals surface area (Å²) < 4.78 is 7.05. The van der Waals surface area contributed by atoms with Gasteiger partial charge in [0.15, 0.2) is 0 Å². The molecule has 0 saturated heterocycles. The van der Waals surface area contributed by atoms with Crippen molar-refractivity contribution in [2.75, 3.05) is 4.90 Å². The Morgan fingerprint density at radius 1 is 0.418 bits per heavy atom. The number of anilines is 3. The van der Waals surface area contributed by atoms with Crippen molar-refractivity contribution < 1.29 is 4.42 Å². The zero-order valence-corrected chi connectivity index (χ0v) is 31.2. The first kappa shape index (κ1) is 31.8. The van der Waals surface area contributed by atoms with Crippen LogP contribution in [0, 0.1) is 0 Å². The molecule has 1 heterocycles. The predicted molar refractivity (Wildman–Crippen MR) is 229 cm³/mol. The molecule has 2 nitrogen and oxygen atoms in total. The van der Waals surface area contributed by atoms with Gasteiger partial charge in [-0.3, -0.25) is 0 Å². The molecule has 0 bridgehead atoms. The van der Waals surface area contributed by atoms with Gasteiger partial charge in [-0.2, -0.15) is 0 Å². The van der Waals surface area contributed by atoms with Crippen molar-refractivity contribution in [2.45, 2.75) is 31.6 Å². The molecule has 8 aromatic carbocycles. The lowest BCUT2D eigenvalue weighted by Crippen LogP contribution is -2.26. The van der Waals surface area contributed by atoms with Gasteiger partial charge in [0.25, 0.3) is 0 Å². The second-order valence-corrected chi connectivity index (χ2v) is 15.8. The number of benzene rings is 8. The summed E-state index contributed by atoms with van der Waals surface area (Å²) in [5.74, 6) is 0. The number of fused-ring (bicyclic) bond motifs is 9. The van der Waals surface area contributed by atoms with E-state index >= 15 is 0 Å². The lowest BCUT2D eigenvalue weighted by Gasteiger charge is -2.35. The van der Waals surface area contributed by atoms with Crippen molar-refractivity contribution in [2.24, 2.45) is 0 Å². The van der Waals surface area contributed by atoms with Crippen LogP contribution < -0.4 is 4.90 Å². The van der Waals surface area contributed by atoms with E-state index in [9.17, 15) is 0 Å². The maximum Gasteiger partial charge on any atom is 0.141 e. The van der Waals surface area contributed by atoms with E-state index in [0.717, 1.165) is 44.6 Å². The summed E-state index contributed by atoms with van der Waals surface area (Å²) in [6.45, 7) is 7.13. The molecule has 0 atom stereocenters. The summed E-state index contributed by atoms with van der Waals surface area (Å²) in [6.07, 6.45) is 0. The highest BCUT2D eigenvalue weighted by Gasteiger charge is 2.45. The van der Waals surface area contributed by atoms with Crippen LogP contribution >= 0.6 is 0 Å². The van der Waals surface area contributed by atoms with Gasteiger partial charge in [-0.25, -0.2) is 0 Å². The SMILES string of the molecule is CC1(C)c2ccccc2-c2ccc(N(c3ccc(-c4ccccc4)cc3)c3ccc4c(oc5ccccc54)c3C3(C)c4ccccc4-c4ccccc43)cc21. The van der Waals surface area contributed by atoms with Gasteiger partial charge in [0.1, 0.15) is 11.2 Å². The summed E-state index contributed by atoms with van der Waals surface area (Å²) in [6, 6.07) is 66.6. The van der Waals surface area contributed by atoms with Crippen LogP contribution in [0.25, 0.3) is 55.3 Å². The normalized spacial score (nSPS) is 14.4. The van der Waals surface area contributed by atoms with E-state index in [2.05, 4.69) is 208 Å². The topological polar surface area (TPSA) is 16.4 Å². The average molecular weight is 706 g/mol. The molecule has 55 heavy (non-hydrogen) atoms. The fraction of sp³-hybridized carbons (Fsp3) is 0.0943. The third-order valence-electron chi connectivity index (χ3n) is 12.5. The average Bonchev–Trinajstić information content (AvgIpc) is 3.82. The quantitative estimate of drug-likeness (QED) is 0.177. The highest BCUT2D eigenvalue weighted by molar-refractivity contribution is 6.09. The molecule has 9 aromatic rings. The second-order valence-electron chi connectivity index (χ2n) is 15.8. The van der Waals surface area contributed by atoms with E-state index in [0.29, 0.717) is 0 Å². The van der Waals surface area contributed by atoms with Gasteiger partial charge in [-0.15, -0.1) is 0 Å². The second kappa shape index (κ2) is 11.7. The molecular formula is C53H39NO. The predicted octanol–water partition coefficient (Wildman–Crippen LogP) is 14.4. The molecule has 2 heteroatoms. The van der Waals surface area contributed by atoms with E-state index in [4.69, 9.17) is 4.42 Å². The summed E-state index contributed by atoms with van der Waals surface area (Å²) in [5, 5.41) is 2.26. The molecule has 0 amide bonds. The zero-order valence-electron chi connectivity index (χ0n) is 31.2. The van der Waals surface area contributed by atoms with Gasteiger partial charge in [-0.1, -0.05) is 153 Å². The fourth-order valence-corrected chi connectivity index (χ4v) is 9.86. The largest absolute Gasteiger partial charge is 0.456 e. The van der Waals surface area contributed by atoms with Gasteiger partial charge in [0.05, 0.1) is 5.69 Å². The third-order valence-corrected chi connectivity index (χ3v) is 12.5. The highest BCUT2D eigenvalue weighted by Crippen LogP contribution is 2.58. The van der Waals surface area contributed by atoms with Gasteiger partial charge in [0, 0.05) is 38.5 Å². The number of nitrogens with zero attached hydrogens (tertiary/aromatic N) is 1. The molecule has 0 aliphatic heterocycles. The minimum atomic E-state index is -0.523. The third kappa shape index (κ3) is 4.49. The van der Waals surface area contributed by atoms with Gasteiger partial charge < -0.3 is 9.32 Å². The summed E-state index contributed by atoms with van der Waals surface area (Å²) in [5.41, 5.74) is 18.5. The van der Waals surface area contributed by atoms with Crippen molar-refractivity contribution in [3.05, 3.63) is 210 Å². The standard InChI is InChI=1S/C53H39NO/c1-52(2)44-21-11-7-17-38(44)41-30-29-37(33-47(41)52)54(36-27-25-35(26-28-36)34-15-5-4-6-16-34)48-32-31-43-42-20-10-14-24-49(42)55-51(43)50(48)53(3)45-22-12-8-18-39(45)40-19-9-13-23-46(40)53/h4-33H,1-3H3. The van der Waals surface area contributed by atoms with Crippen LogP contribution in [0.1, 0.15) is 48.6 Å². The molecule has 11 rings (SSSR count). The van der Waals surface area contributed by atoms with Crippen molar-refractivity contribution in [1.82, 2.24) is 0 Å². The van der Waals surface area contributed by atoms with Crippen LogP contribution in [-0.2, 0) is 10.8 Å². The number of hydrogen-bond donors (Lipinski definition) is 0. The Bertz CT molecular complexity index is 2920. The Labute approximate surface area is 322 Å². The number of hydrogen-bond acceptors (Lipinski definition) is 2. The van der Waals surface area contributed by atoms with E-state index in [1.165, 1.54) is 55.6 Å². The Morgan fingerprint density at radius 3 is 1.67 bits per heavy atom. The lowest BCUT2D eigenvalue weighted by molar-refractivity contribution is 0.638. The summed E-state index contributed by atoms with van der Waals surface area (Å²) in [7, 11) is 0. The molecule has 0 radical (unpaired) electrons. The first-order valence-corrected chi connectivity index (χ1v) is 19.3. The first-order chi connectivity index (χ1) is 26.9. The summed E-state index contributed by atoms with van der Waals surface area (Å²) in [4.78, 5) is 2.48. The Balaban J connectivity index is 1.23. The Hall–Kier alpha value is -6.64. The first-order valence-electron chi connectivity index (χ1n) is 19.3. The van der Waals surface area contributed by atoms with E-state index in [-0.39, 0.29) is 5.41 Å². The van der Waals surface area contributed by atoms with Gasteiger partial charge in [-0.05, 0) is 105 Å². The maximum absolute atomic E-state index is 7.05. The molecule has 0 fully saturated rings. The van der Waals surface area contributed by atoms with Crippen molar-refractivity contribution in [3.8, 4) is 33.4 Å². The minimum absolute atomic E-state index is 0.147. The van der Waals surface area contributed by atoms with Crippen molar-refractivity contribution in [1.29, 1.82) is 0 Å². The van der Waals surface area contributed by atoms with Crippen LogP contribution in [0.4, 0.5) is 17.1 Å². The molecule has 262 valence electrons. The lowest BCUT2D eigenvalue weighted by atomic mass is 9.72. The smallest absolute Gasteiger partial charge is 0.141 e. The van der Waals surface area contributed by atoms with Crippen LogP contribution in [0.2, 0.25) is 0 Å². The molecule has 0 unspecified atom stereocenters. The molecule has 0 saturated carbocycles. The molecule has 0 N–H and O–H groups in total. The minimum Gasteiger partial charge on any atom is -0.456 e. The molecule has 2 aliphatic rings. The van der Waals surface area contributed by atoms with Crippen LogP contribution in [-0.4, -0.2) is 0 Å². The Kier molecular flexibility index (Phi) is 6.76. The molecular weight excluding hydrogens is 667 g/mol. The van der Waals surface area contributed by atoms with Crippen LogP contribution in [0.3, 0.4) is 0 Å². The maximum atomic E-state index is 7.05. The fourth-order valence-electron chi connectivity index (χ4n) is 9.86.